The summed E-state index contributed by atoms with van der Waals surface area (Å²) in [5.41, 5.74) is 0.965. The van der Waals surface area contributed by atoms with E-state index in [0.29, 0.717) is 0 Å². The molecule has 1 aromatic heterocycles. The smallest absolute Gasteiger partial charge is 0.134 e. The number of fused-ring (bicyclic) bond motifs is 1. The van der Waals surface area contributed by atoms with Crippen LogP contribution in [-0.4, -0.2) is 44.3 Å². The Hall–Kier alpha value is -1.36. The van der Waals surface area contributed by atoms with Crippen LogP contribution in [0.5, 0.6) is 0 Å². The van der Waals surface area contributed by atoms with Crippen molar-refractivity contribution in [2.45, 2.75) is 6.54 Å². The van der Waals surface area contributed by atoms with Gasteiger partial charge in [-0.3, -0.25) is 4.90 Å². The van der Waals surface area contributed by atoms with Gasteiger partial charge < -0.3 is 14.5 Å². The Kier molecular flexibility index (Phi) is 4.13. The van der Waals surface area contributed by atoms with Gasteiger partial charge >= 0.3 is 0 Å². The first-order chi connectivity index (χ1) is 9.42. The zero-order chi connectivity index (χ0) is 12.9. The molecule has 0 unspecified atom stereocenters. The van der Waals surface area contributed by atoms with E-state index in [1.54, 1.807) is 0 Å². The van der Waals surface area contributed by atoms with E-state index < -0.39 is 0 Å². The molecule has 0 radical (unpaired) electrons. The van der Waals surface area contributed by atoms with Crippen LogP contribution in [0.15, 0.2) is 34.7 Å². The quantitative estimate of drug-likeness (QED) is 0.833. The van der Waals surface area contributed by atoms with E-state index in [4.69, 9.17) is 9.15 Å². The predicted octanol–water partition coefficient (Wildman–Crippen LogP) is 1.85. The fourth-order valence-corrected chi connectivity index (χ4v) is 2.40. The fourth-order valence-electron chi connectivity index (χ4n) is 2.40. The summed E-state index contributed by atoms with van der Waals surface area (Å²) in [5, 5.41) is 4.61. The van der Waals surface area contributed by atoms with Crippen LogP contribution in [0.2, 0.25) is 0 Å². The van der Waals surface area contributed by atoms with Crippen molar-refractivity contribution in [3.63, 3.8) is 0 Å². The minimum atomic E-state index is 0.791. The molecule has 4 nitrogen and oxygen atoms in total. The Morgan fingerprint density at radius 3 is 2.84 bits per heavy atom. The molecule has 1 aliphatic rings. The third-order valence-corrected chi connectivity index (χ3v) is 3.48. The van der Waals surface area contributed by atoms with Crippen molar-refractivity contribution < 1.29 is 9.15 Å². The number of nitrogens with one attached hydrogen (secondary N) is 1. The van der Waals surface area contributed by atoms with Gasteiger partial charge in [-0.2, -0.15) is 0 Å². The summed E-state index contributed by atoms with van der Waals surface area (Å²) in [4.78, 5) is 2.43. The van der Waals surface area contributed by atoms with E-state index in [0.717, 1.165) is 57.3 Å². The van der Waals surface area contributed by atoms with Crippen molar-refractivity contribution >= 4 is 11.0 Å². The number of para-hydroxylation sites is 1. The summed E-state index contributed by atoms with van der Waals surface area (Å²) in [6.07, 6.45) is 0. The van der Waals surface area contributed by atoms with Crippen molar-refractivity contribution in [3.8, 4) is 0 Å². The van der Waals surface area contributed by atoms with E-state index in [-0.39, 0.29) is 0 Å². The van der Waals surface area contributed by atoms with E-state index in [1.807, 2.05) is 18.2 Å². The molecule has 0 amide bonds. The number of hydrogen-bond acceptors (Lipinski definition) is 4. The van der Waals surface area contributed by atoms with Crippen LogP contribution in [0, 0.1) is 0 Å². The van der Waals surface area contributed by atoms with Crippen LogP contribution in [0.3, 0.4) is 0 Å². The molecule has 1 N–H and O–H groups in total. The van der Waals surface area contributed by atoms with E-state index in [1.165, 1.54) is 5.39 Å². The zero-order valence-corrected chi connectivity index (χ0v) is 11.1. The molecule has 1 fully saturated rings. The zero-order valence-electron chi connectivity index (χ0n) is 11.1. The summed E-state index contributed by atoms with van der Waals surface area (Å²) in [7, 11) is 0. The van der Waals surface area contributed by atoms with Gasteiger partial charge in [0.2, 0.25) is 0 Å². The number of morpholine rings is 1. The summed E-state index contributed by atoms with van der Waals surface area (Å²) in [6.45, 7) is 6.67. The summed E-state index contributed by atoms with van der Waals surface area (Å²) in [5.74, 6) is 1.00. The van der Waals surface area contributed by atoms with Gasteiger partial charge in [-0.25, -0.2) is 0 Å². The molecule has 19 heavy (non-hydrogen) atoms. The highest BCUT2D eigenvalue weighted by Crippen LogP contribution is 2.18. The topological polar surface area (TPSA) is 37.6 Å². The summed E-state index contributed by atoms with van der Waals surface area (Å²) in [6, 6.07) is 10.2. The van der Waals surface area contributed by atoms with Crippen LogP contribution in [-0.2, 0) is 11.3 Å². The molecule has 1 aliphatic heterocycles. The minimum absolute atomic E-state index is 0.791. The average Bonchev–Trinajstić information content (AvgIpc) is 2.87. The van der Waals surface area contributed by atoms with Crippen molar-refractivity contribution in [1.29, 1.82) is 0 Å². The molecule has 102 valence electrons. The maximum Gasteiger partial charge on any atom is 0.134 e. The molecule has 0 spiro atoms. The Bertz CT molecular complexity index is 485. The molecule has 4 heteroatoms. The molecular formula is C15H20N2O2. The van der Waals surface area contributed by atoms with Gasteiger partial charge in [0.15, 0.2) is 0 Å². The van der Waals surface area contributed by atoms with Crippen LogP contribution < -0.4 is 5.32 Å². The first-order valence-electron chi connectivity index (χ1n) is 6.90. The lowest BCUT2D eigenvalue weighted by molar-refractivity contribution is 0.0383. The van der Waals surface area contributed by atoms with Crippen molar-refractivity contribution in [2.75, 3.05) is 39.4 Å². The highest BCUT2D eigenvalue weighted by Gasteiger charge is 2.09. The van der Waals surface area contributed by atoms with Gasteiger partial charge in [-0.1, -0.05) is 18.2 Å². The van der Waals surface area contributed by atoms with Crippen molar-refractivity contribution in [2.24, 2.45) is 0 Å². The Balaban J connectivity index is 1.44. The van der Waals surface area contributed by atoms with E-state index in [2.05, 4.69) is 22.3 Å². The van der Waals surface area contributed by atoms with E-state index in [9.17, 15) is 0 Å². The van der Waals surface area contributed by atoms with Gasteiger partial charge in [-0.15, -0.1) is 0 Å². The van der Waals surface area contributed by atoms with Crippen molar-refractivity contribution in [3.05, 3.63) is 36.1 Å². The number of ether oxygens (including phenoxy) is 1. The number of rotatable bonds is 5. The monoisotopic (exact) mass is 260 g/mol. The summed E-state index contributed by atoms with van der Waals surface area (Å²) < 4.78 is 11.1. The van der Waals surface area contributed by atoms with Gasteiger partial charge in [0, 0.05) is 31.6 Å². The number of hydrogen-bond donors (Lipinski definition) is 1. The van der Waals surface area contributed by atoms with Crippen LogP contribution in [0.4, 0.5) is 0 Å². The molecule has 3 rings (SSSR count). The van der Waals surface area contributed by atoms with Crippen LogP contribution in [0.1, 0.15) is 5.76 Å². The lowest BCUT2D eigenvalue weighted by Gasteiger charge is -2.26. The molecule has 0 atom stereocenters. The normalized spacial score (nSPS) is 17.1. The predicted molar refractivity (Wildman–Crippen MR) is 75.2 cm³/mol. The van der Waals surface area contributed by atoms with Crippen LogP contribution in [0.25, 0.3) is 11.0 Å². The maximum absolute atomic E-state index is 5.76. The Morgan fingerprint density at radius 2 is 2.00 bits per heavy atom. The molecule has 2 aromatic rings. The number of benzene rings is 1. The average molecular weight is 260 g/mol. The number of nitrogens with zero attached hydrogens (tertiary/aromatic N) is 1. The lowest BCUT2D eigenvalue weighted by atomic mass is 10.2. The molecule has 0 bridgehead atoms. The second kappa shape index (κ2) is 6.19. The van der Waals surface area contributed by atoms with Gasteiger partial charge in [0.25, 0.3) is 0 Å². The highest BCUT2D eigenvalue weighted by molar-refractivity contribution is 5.77. The van der Waals surface area contributed by atoms with E-state index >= 15 is 0 Å². The van der Waals surface area contributed by atoms with Crippen LogP contribution >= 0.6 is 0 Å². The van der Waals surface area contributed by atoms with Crippen molar-refractivity contribution in [1.82, 2.24) is 10.2 Å². The lowest BCUT2D eigenvalue weighted by Crippen LogP contribution is -2.40. The molecule has 1 saturated heterocycles. The Morgan fingerprint density at radius 1 is 1.16 bits per heavy atom. The third-order valence-electron chi connectivity index (χ3n) is 3.48. The molecule has 1 aromatic carbocycles. The first kappa shape index (κ1) is 12.7. The molecular weight excluding hydrogens is 240 g/mol. The third kappa shape index (κ3) is 3.35. The van der Waals surface area contributed by atoms with Gasteiger partial charge in [0.1, 0.15) is 11.3 Å². The SMILES string of the molecule is c1ccc2oc(CNCCN3CCOCC3)cc2c1. The largest absolute Gasteiger partial charge is 0.460 e. The first-order valence-corrected chi connectivity index (χ1v) is 6.90. The summed E-state index contributed by atoms with van der Waals surface area (Å²) >= 11 is 0. The second-order valence-electron chi connectivity index (χ2n) is 4.88. The fraction of sp³-hybridized carbons (Fsp3) is 0.467. The van der Waals surface area contributed by atoms with Gasteiger partial charge in [0.05, 0.1) is 19.8 Å². The van der Waals surface area contributed by atoms with Gasteiger partial charge in [-0.05, 0) is 12.1 Å². The molecule has 0 saturated carbocycles. The molecule has 0 aliphatic carbocycles. The minimum Gasteiger partial charge on any atom is -0.460 e. The number of furan rings is 1. The molecule has 2 heterocycles. The standard InChI is InChI=1S/C15H20N2O2/c1-2-4-15-13(3-1)11-14(19-15)12-16-5-6-17-7-9-18-10-8-17/h1-4,11,16H,5-10,12H2. The maximum atomic E-state index is 5.76. The highest BCUT2D eigenvalue weighted by atomic mass is 16.5. The second-order valence-corrected chi connectivity index (χ2v) is 4.88. The Labute approximate surface area is 113 Å².